The smallest absolute Gasteiger partial charge is 0.338 e. The molecule has 0 spiro atoms. The molecule has 0 aromatic heterocycles. The Morgan fingerprint density at radius 2 is 2.00 bits per heavy atom. The van der Waals surface area contributed by atoms with Gasteiger partial charge in [-0.15, -0.1) is 0 Å². The van der Waals surface area contributed by atoms with Crippen LogP contribution in [-0.2, 0) is 14.3 Å². The van der Waals surface area contributed by atoms with Crippen LogP contribution in [0, 0.1) is 0 Å². The third kappa shape index (κ3) is 7.27. The average molecular weight is 347 g/mol. The Hall–Kier alpha value is -2.53. The van der Waals surface area contributed by atoms with Gasteiger partial charge >= 0.3 is 11.9 Å². The molecule has 25 heavy (non-hydrogen) atoms. The lowest BCUT2D eigenvalue weighted by atomic mass is 9.92. The minimum Gasteiger partial charge on any atom is -0.469 e. The third-order valence-electron chi connectivity index (χ3n) is 3.47. The van der Waals surface area contributed by atoms with Crippen molar-refractivity contribution in [3.05, 3.63) is 45.8 Å². The molecule has 0 saturated heterocycles. The number of rotatable bonds is 8. The Balaban J connectivity index is 2.91. The lowest BCUT2D eigenvalue weighted by Gasteiger charge is -2.20. The molecule has 0 aliphatic heterocycles. The standard InChI is InChI=1S/C18H25N3O4/c1-18(2,3)25-16(22)14-9-7-8-13(12-14)15(17(23)24-4)10-5-6-11-20-21-19/h7-9,12,15H,5-6,10-11H2,1-4H3. The van der Waals surface area contributed by atoms with E-state index >= 15 is 0 Å². The van der Waals surface area contributed by atoms with Gasteiger partial charge in [-0.2, -0.15) is 0 Å². The lowest BCUT2D eigenvalue weighted by Crippen LogP contribution is -2.24. The molecule has 0 amide bonds. The van der Waals surface area contributed by atoms with Crippen LogP contribution in [0.25, 0.3) is 10.4 Å². The number of carbonyl (C=O) groups is 2. The zero-order valence-corrected chi connectivity index (χ0v) is 15.2. The largest absolute Gasteiger partial charge is 0.469 e. The highest BCUT2D eigenvalue weighted by atomic mass is 16.6. The van der Waals surface area contributed by atoms with Gasteiger partial charge in [0, 0.05) is 11.5 Å². The summed E-state index contributed by atoms with van der Waals surface area (Å²) in [4.78, 5) is 27.0. The first kappa shape index (κ1) is 20.5. The van der Waals surface area contributed by atoms with E-state index in [1.165, 1.54) is 7.11 Å². The fourth-order valence-corrected chi connectivity index (χ4v) is 2.36. The third-order valence-corrected chi connectivity index (χ3v) is 3.47. The van der Waals surface area contributed by atoms with Crippen LogP contribution in [0.5, 0.6) is 0 Å². The van der Waals surface area contributed by atoms with Gasteiger partial charge in [0.05, 0.1) is 18.6 Å². The van der Waals surface area contributed by atoms with Crippen molar-refractivity contribution in [3.63, 3.8) is 0 Å². The molecule has 0 N–H and O–H groups in total. The predicted molar refractivity (Wildman–Crippen MR) is 94.2 cm³/mol. The van der Waals surface area contributed by atoms with Gasteiger partial charge in [-0.3, -0.25) is 4.79 Å². The number of carbonyl (C=O) groups excluding carboxylic acids is 2. The van der Waals surface area contributed by atoms with Crippen molar-refractivity contribution in [2.24, 2.45) is 5.11 Å². The van der Waals surface area contributed by atoms with Crippen molar-refractivity contribution in [3.8, 4) is 0 Å². The maximum Gasteiger partial charge on any atom is 0.338 e. The number of esters is 2. The van der Waals surface area contributed by atoms with Crippen molar-refractivity contribution >= 4 is 11.9 Å². The number of hydrogen-bond donors (Lipinski definition) is 0. The van der Waals surface area contributed by atoms with Crippen LogP contribution in [0.2, 0.25) is 0 Å². The summed E-state index contributed by atoms with van der Waals surface area (Å²) in [6, 6.07) is 6.85. The number of methoxy groups -OCH3 is 1. The maximum atomic E-state index is 12.2. The van der Waals surface area contributed by atoms with Crippen molar-refractivity contribution in [2.75, 3.05) is 13.7 Å². The van der Waals surface area contributed by atoms with Crippen LogP contribution in [0.15, 0.2) is 29.4 Å². The van der Waals surface area contributed by atoms with Gasteiger partial charge in [0.1, 0.15) is 5.60 Å². The van der Waals surface area contributed by atoms with Crippen LogP contribution in [0.1, 0.15) is 61.9 Å². The predicted octanol–water partition coefficient (Wildman–Crippen LogP) is 4.38. The van der Waals surface area contributed by atoms with Gasteiger partial charge in [-0.1, -0.05) is 23.7 Å². The molecule has 1 rings (SSSR count). The summed E-state index contributed by atoms with van der Waals surface area (Å²) in [6.45, 7) is 5.80. The van der Waals surface area contributed by atoms with Crippen molar-refractivity contribution in [1.29, 1.82) is 0 Å². The monoisotopic (exact) mass is 347 g/mol. The van der Waals surface area contributed by atoms with Crippen LogP contribution >= 0.6 is 0 Å². The number of hydrogen-bond acceptors (Lipinski definition) is 5. The van der Waals surface area contributed by atoms with Crippen molar-refractivity contribution in [1.82, 2.24) is 0 Å². The normalized spacial score (nSPS) is 12.0. The highest BCUT2D eigenvalue weighted by Gasteiger charge is 2.23. The van der Waals surface area contributed by atoms with E-state index in [9.17, 15) is 9.59 Å². The van der Waals surface area contributed by atoms with Crippen molar-refractivity contribution < 1.29 is 19.1 Å². The highest BCUT2D eigenvalue weighted by molar-refractivity contribution is 5.90. The highest BCUT2D eigenvalue weighted by Crippen LogP contribution is 2.25. The fraction of sp³-hybridized carbons (Fsp3) is 0.556. The molecular weight excluding hydrogens is 322 g/mol. The van der Waals surface area contributed by atoms with Gasteiger partial charge in [-0.05, 0) is 56.8 Å². The lowest BCUT2D eigenvalue weighted by molar-refractivity contribution is -0.142. The van der Waals surface area contributed by atoms with E-state index in [4.69, 9.17) is 15.0 Å². The summed E-state index contributed by atoms with van der Waals surface area (Å²) in [5.74, 6) is -1.26. The molecule has 7 heteroatoms. The Labute approximate surface area is 147 Å². The summed E-state index contributed by atoms with van der Waals surface area (Å²) < 4.78 is 10.3. The summed E-state index contributed by atoms with van der Waals surface area (Å²) in [7, 11) is 1.34. The van der Waals surface area contributed by atoms with E-state index < -0.39 is 17.5 Å². The second-order valence-electron chi connectivity index (χ2n) is 6.65. The zero-order chi connectivity index (χ0) is 18.9. The molecule has 7 nitrogen and oxygen atoms in total. The first-order valence-electron chi connectivity index (χ1n) is 8.20. The number of unbranched alkanes of at least 4 members (excludes halogenated alkanes) is 1. The summed E-state index contributed by atoms with van der Waals surface area (Å²) in [6.07, 6.45) is 1.93. The molecular formula is C18H25N3O4. The fourth-order valence-electron chi connectivity index (χ4n) is 2.36. The molecule has 1 aromatic rings. The Morgan fingerprint density at radius 1 is 1.28 bits per heavy atom. The minimum absolute atomic E-state index is 0.356. The van der Waals surface area contributed by atoms with Gasteiger partial charge in [-0.25, -0.2) is 4.79 Å². The summed E-state index contributed by atoms with van der Waals surface area (Å²) in [5.41, 5.74) is 8.80. The van der Waals surface area contributed by atoms with Crippen LogP contribution < -0.4 is 0 Å². The molecule has 0 bridgehead atoms. The molecule has 136 valence electrons. The molecule has 0 aliphatic rings. The van der Waals surface area contributed by atoms with Crippen LogP contribution in [-0.4, -0.2) is 31.2 Å². The second kappa shape index (κ2) is 9.69. The first-order chi connectivity index (χ1) is 11.8. The van der Waals surface area contributed by atoms with Crippen LogP contribution in [0.3, 0.4) is 0 Å². The van der Waals surface area contributed by atoms with Gasteiger partial charge in [0.2, 0.25) is 0 Å². The zero-order valence-electron chi connectivity index (χ0n) is 15.2. The number of nitrogens with zero attached hydrogens (tertiary/aromatic N) is 3. The van der Waals surface area contributed by atoms with Crippen molar-refractivity contribution in [2.45, 2.75) is 51.6 Å². The topological polar surface area (TPSA) is 101 Å². The Morgan fingerprint density at radius 3 is 2.60 bits per heavy atom. The Bertz CT molecular complexity index is 646. The second-order valence-corrected chi connectivity index (χ2v) is 6.65. The number of ether oxygens (including phenoxy) is 2. The molecule has 0 saturated carbocycles. The summed E-state index contributed by atoms with van der Waals surface area (Å²) in [5, 5.41) is 3.48. The van der Waals surface area contributed by atoms with Gasteiger partial charge in [0.25, 0.3) is 0 Å². The molecule has 1 atom stereocenters. The maximum absolute atomic E-state index is 12.2. The molecule has 0 radical (unpaired) electrons. The number of benzene rings is 1. The van der Waals surface area contributed by atoms with E-state index in [1.54, 1.807) is 45.0 Å². The quantitative estimate of drug-likeness (QED) is 0.229. The molecule has 0 aliphatic carbocycles. The van der Waals surface area contributed by atoms with E-state index in [0.717, 1.165) is 0 Å². The summed E-state index contributed by atoms with van der Waals surface area (Å²) >= 11 is 0. The molecule has 1 unspecified atom stereocenters. The molecule has 0 heterocycles. The minimum atomic E-state index is -0.587. The SMILES string of the molecule is COC(=O)C(CCCCN=[N+]=[N-])c1cccc(C(=O)OC(C)(C)C)c1. The van der Waals surface area contributed by atoms with E-state index in [-0.39, 0.29) is 5.97 Å². The van der Waals surface area contributed by atoms with Gasteiger partial charge < -0.3 is 9.47 Å². The molecule has 0 fully saturated rings. The van der Waals surface area contributed by atoms with E-state index in [1.807, 2.05) is 0 Å². The average Bonchev–Trinajstić information content (AvgIpc) is 2.56. The van der Waals surface area contributed by atoms with Crippen LogP contribution in [0.4, 0.5) is 0 Å². The van der Waals surface area contributed by atoms with Gasteiger partial charge in [0.15, 0.2) is 0 Å². The van der Waals surface area contributed by atoms with E-state index in [0.29, 0.717) is 36.9 Å². The first-order valence-corrected chi connectivity index (χ1v) is 8.20. The molecule has 1 aromatic carbocycles. The number of azide groups is 1. The Kier molecular flexibility index (Phi) is 7.95. The van der Waals surface area contributed by atoms with E-state index in [2.05, 4.69) is 10.0 Å².